The van der Waals surface area contributed by atoms with E-state index in [1.54, 1.807) is 0 Å². The number of rotatable bonds is 4. The van der Waals surface area contributed by atoms with Gasteiger partial charge >= 0.3 is 0 Å². The Bertz CT molecular complexity index is 666. The van der Waals surface area contributed by atoms with E-state index < -0.39 is 10.0 Å². The molecule has 0 bridgehead atoms. The van der Waals surface area contributed by atoms with Crippen LogP contribution in [-0.4, -0.2) is 47.1 Å². The minimum absolute atomic E-state index is 0.125. The minimum Gasteiger partial charge on any atom is -0.471 e. The molecule has 2 heterocycles. The predicted molar refractivity (Wildman–Crippen MR) is 73.9 cm³/mol. The molecular formula is C13H16N4O3S. The minimum atomic E-state index is -3.18. The van der Waals surface area contributed by atoms with Crippen LogP contribution < -0.4 is 4.74 Å². The molecule has 1 aliphatic carbocycles. The van der Waals surface area contributed by atoms with Gasteiger partial charge in [-0.05, 0) is 25.7 Å². The Morgan fingerprint density at radius 2 is 2.05 bits per heavy atom. The molecule has 2 aliphatic rings. The second-order valence-electron chi connectivity index (χ2n) is 5.31. The van der Waals surface area contributed by atoms with Gasteiger partial charge in [0.15, 0.2) is 0 Å². The highest BCUT2D eigenvalue weighted by atomic mass is 32.2. The van der Waals surface area contributed by atoms with E-state index in [0.717, 1.165) is 25.7 Å². The Kier molecular flexibility index (Phi) is 3.78. The van der Waals surface area contributed by atoms with Gasteiger partial charge in [-0.1, -0.05) is 0 Å². The van der Waals surface area contributed by atoms with E-state index in [-0.39, 0.29) is 22.9 Å². The number of hydrogen-bond donors (Lipinski definition) is 0. The molecule has 1 aromatic heterocycles. The fourth-order valence-electron chi connectivity index (χ4n) is 2.46. The average Bonchev–Trinajstić information content (AvgIpc) is 3.33. The summed E-state index contributed by atoms with van der Waals surface area (Å²) in [6, 6.07) is 1.92. The lowest BCUT2D eigenvalue weighted by Gasteiger charge is -2.31. The van der Waals surface area contributed by atoms with Gasteiger partial charge < -0.3 is 4.74 Å². The maximum Gasteiger partial charge on any atom is 0.251 e. The first-order valence-electron chi connectivity index (χ1n) is 6.98. The smallest absolute Gasteiger partial charge is 0.251 e. The Balaban J connectivity index is 1.71. The molecule has 0 N–H and O–H groups in total. The molecule has 0 aromatic carbocycles. The number of nitrogens with zero attached hydrogens (tertiary/aromatic N) is 4. The molecule has 21 heavy (non-hydrogen) atoms. The lowest BCUT2D eigenvalue weighted by Crippen LogP contribution is -2.45. The van der Waals surface area contributed by atoms with Crippen LogP contribution in [0.1, 0.15) is 31.4 Å². The van der Waals surface area contributed by atoms with Crippen LogP contribution in [-0.2, 0) is 10.0 Å². The van der Waals surface area contributed by atoms with Gasteiger partial charge in [-0.25, -0.2) is 18.4 Å². The topological polar surface area (TPSA) is 96.2 Å². The Morgan fingerprint density at radius 1 is 1.29 bits per heavy atom. The molecule has 1 atom stereocenters. The molecule has 0 radical (unpaired) electrons. The van der Waals surface area contributed by atoms with Gasteiger partial charge in [-0.2, -0.15) is 9.57 Å². The zero-order valence-electron chi connectivity index (χ0n) is 11.5. The quantitative estimate of drug-likeness (QED) is 0.811. The van der Waals surface area contributed by atoms with Crippen molar-refractivity contribution in [3.05, 3.63) is 18.1 Å². The van der Waals surface area contributed by atoms with Crippen LogP contribution in [0.5, 0.6) is 5.88 Å². The summed E-state index contributed by atoms with van der Waals surface area (Å²) >= 11 is 0. The lowest BCUT2D eigenvalue weighted by atomic mass is 10.1. The molecule has 1 saturated carbocycles. The second kappa shape index (κ2) is 5.58. The molecule has 1 saturated heterocycles. The third-order valence-electron chi connectivity index (χ3n) is 3.70. The first-order chi connectivity index (χ1) is 10.1. The van der Waals surface area contributed by atoms with Gasteiger partial charge in [0.1, 0.15) is 12.2 Å². The van der Waals surface area contributed by atoms with Gasteiger partial charge in [0.25, 0.3) is 5.88 Å². The van der Waals surface area contributed by atoms with Crippen molar-refractivity contribution >= 4 is 10.0 Å². The monoisotopic (exact) mass is 308 g/mol. The van der Waals surface area contributed by atoms with Crippen LogP contribution in [0.15, 0.2) is 12.4 Å². The molecule has 1 aliphatic heterocycles. The average molecular weight is 308 g/mol. The van der Waals surface area contributed by atoms with Crippen LogP contribution >= 0.6 is 0 Å². The van der Waals surface area contributed by atoms with E-state index in [1.165, 1.54) is 16.7 Å². The molecule has 112 valence electrons. The summed E-state index contributed by atoms with van der Waals surface area (Å²) in [4.78, 5) is 7.89. The Morgan fingerprint density at radius 3 is 2.76 bits per heavy atom. The zero-order valence-corrected chi connectivity index (χ0v) is 12.3. The van der Waals surface area contributed by atoms with Gasteiger partial charge in [-0.15, -0.1) is 0 Å². The Hall–Kier alpha value is -1.72. The van der Waals surface area contributed by atoms with Gasteiger partial charge in [0.05, 0.1) is 11.8 Å². The molecule has 3 rings (SSSR count). The summed E-state index contributed by atoms with van der Waals surface area (Å²) in [5.74, 6) is 0.177. The largest absolute Gasteiger partial charge is 0.471 e. The van der Waals surface area contributed by atoms with E-state index in [0.29, 0.717) is 13.1 Å². The number of sulfonamides is 1. The van der Waals surface area contributed by atoms with Gasteiger partial charge in [0.2, 0.25) is 15.7 Å². The van der Waals surface area contributed by atoms with Crippen molar-refractivity contribution in [1.82, 2.24) is 14.3 Å². The summed E-state index contributed by atoms with van der Waals surface area (Å²) in [5.41, 5.74) is 0.125. The highest BCUT2D eigenvalue weighted by molar-refractivity contribution is 7.90. The molecule has 0 unspecified atom stereocenters. The molecular weight excluding hydrogens is 292 g/mol. The fourth-order valence-corrected chi connectivity index (χ4v) is 4.37. The van der Waals surface area contributed by atoms with Crippen molar-refractivity contribution in [1.29, 1.82) is 5.26 Å². The number of hydrogen-bond acceptors (Lipinski definition) is 6. The lowest BCUT2D eigenvalue weighted by molar-refractivity contribution is 0.123. The van der Waals surface area contributed by atoms with Gasteiger partial charge in [-0.3, -0.25) is 0 Å². The van der Waals surface area contributed by atoms with E-state index in [2.05, 4.69) is 9.97 Å². The van der Waals surface area contributed by atoms with Crippen molar-refractivity contribution < 1.29 is 13.2 Å². The third-order valence-corrected chi connectivity index (χ3v) is 6.06. The predicted octanol–water partition coefficient (Wildman–Crippen LogP) is 0.684. The summed E-state index contributed by atoms with van der Waals surface area (Å²) in [6.07, 6.45) is 5.61. The van der Waals surface area contributed by atoms with Crippen LogP contribution in [0, 0.1) is 11.3 Å². The van der Waals surface area contributed by atoms with E-state index in [9.17, 15) is 8.42 Å². The summed E-state index contributed by atoms with van der Waals surface area (Å²) in [7, 11) is -3.18. The molecule has 8 heteroatoms. The number of ether oxygens (including phenoxy) is 1. The summed E-state index contributed by atoms with van der Waals surface area (Å²) in [6.45, 7) is 0.866. The third kappa shape index (κ3) is 2.99. The van der Waals surface area contributed by atoms with Crippen molar-refractivity contribution in [2.24, 2.45) is 0 Å². The van der Waals surface area contributed by atoms with Crippen LogP contribution in [0.2, 0.25) is 0 Å². The normalized spacial score (nSPS) is 23.5. The van der Waals surface area contributed by atoms with E-state index in [1.807, 2.05) is 6.07 Å². The van der Waals surface area contributed by atoms with Crippen molar-refractivity contribution in [2.45, 2.75) is 37.0 Å². The SMILES string of the molecule is N#Cc1nccnc1O[C@@H]1CCCN(S(=O)(=O)C2CC2)C1. The summed E-state index contributed by atoms with van der Waals surface area (Å²) in [5, 5.41) is 8.77. The van der Waals surface area contributed by atoms with Crippen LogP contribution in [0.3, 0.4) is 0 Å². The summed E-state index contributed by atoms with van der Waals surface area (Å²) < 4.78 is 31.7. The standard InChI is InChI=1S/C13H16N4O3S/c14-8-12-13(16-6-5-15-12)20-10-2-1-7-17(9-10)21(18,19)11-3-4-11/h5-6,10-11H,1-4,7,9H2/t10-/m1/s1. The van der Waals surface area contributed by atoms with Crippen molar-refractivity contribution in [3.63, 3.8) is 0 Å². The maximum atomic E-state index is 12.3. The highest BCUT2D eigenvalue weighted by Crippen LogP contribution is 2.32. The van der Waals surface area contributed by atoms with E-state index in [4.69, 9.17) is 10.00 Å². The zero-order chi connectivity index (χ0) is 14.9. The van der Waals surface area contributed by atoms with Crippen molar-refractivity contribution in [3.8, 4) is 11.9 Å². The first-order valence-corrected chi connectivity index (χ1v) is 8.48. The molecule has 0 amide bonds. The Labute approximate surface area is 123 Å². The molecule has 1 aromatic rings. The van der Waals surface area contributed by atoms with E-state index >= 15 is 0 Å². The van der Waals surface area contributed by atoms with Gasteiger partial charge in [0, 0.05) is 18.9 Å². The second-order valence-corrected chi connectivity index (χ2v) is 7.52. The molecule has 0 spiro atoms. The number of nitriles is 1. The highest BCUT2D eigenvalue weighted by Gasteiger charge is 2.42. The first kappa shape index (κ1) is 14.2. The van der Waals surface area contributed by atoms with Crippen molar-refractivity contribution in [2.75, 3.05) is 13.1 Å². The number of aromatic nitrogens is 2. The number of piperidine rings is 1. The van der Waals surface area contributed by atoms with Crippen LogP contribution in [0.25, 0.3) is 0 Å². The molecule has 2 fully saturated rings. The fraction of sp³-hybridized carbons (Fsp3) is 0.615. The maximum absolute atomic E-state index is 12.3. The molecule has 7 nitrogen and oxygen atoms in total. The van der Waals surface area contributed by atoms with Crippen LogP contribution in [0.4, 0.5) is 0 Å².